The number of pyridine rings is 1. The lowest BCUT2D eigenvalue weighted by atomic mass is 9.92. The van der Waals surface area contributed by atoms with E-state index in [1.54, 1.807) is 11.3 Å². The average molecular weight is 411 g/mol. The predicted octanol–water partition coefficient (Wildman–Crippen LogP) is 4.75. The first-order chi connectivity index (χ1) is 13.7. The molecular weight excluding hydrogens is 380 g/mol. The van der Waals surface area contributed by atoms with Gasteiger partial charge in [0, 0.05) is 47.0 Å². The van der Waals surface area contributed by atoms with Crippen LogP contribution in [0.5, 0.6) is 0 Å². The van der Waals surface area contributed by atoms with E-state index >= 15 is 0 Å². The van der Waals surface area contributed by atoms with Gasteiger partial charge >= 0.3 is 0 Å². The summed E-state index contributed by atoms with van der Waals surface area (Å²) in [5, 5.41) is 5.64. The number of rotatable bonds is 8. The van der Waals surface area contributed by atoms with Crippen molar-refractivity contribution in [2.45, 2.75) is 71.8 Å². The van der Waals surface area contributed by atoms with E-state index < -0.39 is 0 Å². The molecule has 0 spiro atoms. The molecule has 3 rings (SSSR count). The van der Waals surface area contributed by atoms with Crippen LogP contribution in [0.1, 0.15) is 67.5 Å². The fourth-order valence-corrected chi connectivity index (χ4v) is 4.13. The van der Waals surface area contributed by atoms with Crippen molar-refractivity contribution >= 4 is 17.1 Å². The molecule has 0 saturated heterocycles. The van der Waals surface area contributed by atoms with Crippen molar-refractivity contribution in [3.05, 3.63) is 63.6 Å². The molecule has 0 N–H and O–H groups in total. The van der Waals surface area contributed by atoms with E-state index in [1.165, 1.54) is 10.4 Å². The van der Waals surface area contributed by atoms with Crippen molar-refractivity contribution < 1.29 is 4.79 Å². The van der Waals surface area contributed by atoms with Gasteiger partial charge < -0.3 is 0 Å². The van der Waals surface area contributed by atoms with Gasteiger partial charge in [0.25, 0.3) is 0 Å². The Balaban J connectivity index is 1.61. The van der Waals surface area contributed by atoms with Gasteiger partial charge in [0.15, 0.2) is 0 Å². The number of hydrogen-bond acceptors (Lipinski definition) is 5. The first-order valence-corrected chi connectivity index (χ1v) is 11.0. The first-order valence-electron chi connectivity index (χ1n) is 10.2. The molecule has 6 heteroatoms. The van der Waals surface area contributed by atoms with E-state index in [4.69, 9.17) is 5.10 Å². The van der Waals surface area contributed by atoms with Crippen molar-refractivity contribution in [3.8, 4) is 0 Å². The first kappa shape index (κ1) is 21.4. The van der Waals surface area contributed by atoms with E-state index in [-0.39, 0.29) is 17.2 Å². The van der Waals surface area contributed by atoms with Crippen LogP contribution in [0.4, 0.5) is 0 Å². The summed E-state index contributed by atoms with van der Waals surface area (Å²) >= 11 is 1.64. The summed E-state index contributed by atoms with van der Waals surface area (Å²) in [6, 6.07) is 6.39. The number of ketones is 1. The summed E-state index contributed by atoms with van der Waals surface area (Å²) in [5.74, 6) is 0.183. The number of thiazole rings is 1. The van der Waals surface area contributed by atoms with Crippen molar-refractivity contribution in [2.75, 3.05) is 0 Å². The highest BCUT2D eigenvalue weighted by Gasteiger charge is 2.22. The van der Waals surface area contributed by atoms with Crippen LogP contribution in [0.25, 0.3) is 0 Å². The largest absolute Gasteiger partial charge is 0.299 e. The molecule has 0 saturated carbocycles. The number of hydrogen-bond donors (Lipinski definition) is 0. The normalized spacial score (nSPS) is 11.9. The second-order valence-electron chi connectivity index (χ2n) is 8.78. The topological polar surface area (TPSA) is 60.7 Å². The number of Topliss-reactive ketones (excluding diaryl/α,β-unsaturated/α-hetero) is 1. The van der Waals surface area contributed by atoms with Gasteiger partial charge in [-0.3, -0.25) is 14.5 Å². The standard InChI is InChI=1S/C23H30N4OS/c1-16(2)27-18(13-21(26-27)23(3,4)5)12-19(28)14-22-25-15-20(29-22)7-6-17-8-10-24-11-9-17/h8-11,13,15-16H,6-7,12,14H2,1-5H3. The molecule has 0 aliphatic heterocycles. The maximum absolute atomic E-state index is 12.7. The van der Waals surface area contributed by atoms with Gasteiger partial charge in [0.05, 0.1) is 12.1 Å². The molecule has 0 radical (unpaired) electrons. The minimum Gasteiger partial charge on any atom is -0.299 e. The Bertz CT molecular complexity index is 951. The summed E-state index contributed by atoms with van der Waals surface area (Å²) in [7, 11) is 0. The lowest BCUT2D eigenvalue weighted by Gasteiger charge is -2.14. The highest BCUT2D eigenvalue weighted by atomic mass is 32.1. The van der Waals surface area contributed by atoms with Crippen LogP contribution in [-0.2, 0) is 35.9 Å². The summed E-state index contributed by atoms with van der Waals surface area (Å²) < 4.78 is 1.99. The lowest BCUT2D eigenvalue weighted by molar-refractivity contribution is -0.117. The predicted molar refractivity (Wildman–Crippen MR) is 117 cm³/mol. The van der Waals surface area contributed by atoms with E-state index in [0.717, 1.165) is 29.2 Å². The third-order valence-corrected chi connectivity index (χ3v) is 5.87. The zero-order chi connectivity index (χ0) is 21.0. The molecule has 0 aliphatic rings. The molecule has 29 heavy (non-hydrogen) atoms. The molecule has 3 aromatic heterocycles. The zero-order valence-corrected chi connectivity index (χ0v) is 18.8. The molecule has 154 valence electrons. The van der Waals surface area contributed by atoms with Gasteiger partial charge in [-0.25, -0.2) is 4.98 Å². The Kier molecular flexibility index (Phi) is 6.63. The number of carbonyl (C=O) groups excluding carboxylic acids is 1. The Morgan fingerprint density at radius 1 is 1.14 bits per heavy atom. The van der Waals surface area contributed by atoms with Crippen LogP contribution in [0.15, 0.2) is 36.8 Å². The Labute approximate surface area is 177 Å². The minimum absolute atomic E-state index is 0.0308. The van der Waals surface area contributed by atoms with Crippen LogP contribution < -0.4 is 0 Å². The van der Waals surface area contributed by atoms with E-state index in [1.807, 2.05) is 35.4 Å². The molecule has 5 nitrogen and oxygen atoms in total. The van der Waals surface area contributed by atoms with Gasteiger partial charge in [0.1, 0.15) is 10.8 Å². The SMILES string of the molecule is CC(C)n1nc(C(C)(C)C)cc1CC(=O)Cc1ncc(CCc2ccncc2)s1. The molecule has 0 amide bonds. The van der Waals surface area contributed by atoms with Gasteiger partial charge in [-0.1, -0.05) is 20.8 Å². The highest BCUT2D eigenvalue weighted by Crippen LogP contribution is 2.24. The van der Waals surface area contributed by atoms with Gasteiger partial charge in [-0.05, 0) is 50.5 Å². The zero-order valence-electron chi connectivity index (χ0n) is 18.0. The number of aryl methyl sites for hydroxylation is 2. The number of nitrogens with zero attached hydrogens (tertiary/aromatic N) is 4. The third-order valence-electron chi connectivity index (χ3n) is 4.81. The molecule has 0 fully saturated rings. The Morgan fingerprint density at radius 2 is 1.86 bits per heavy atom. The fourth-order valence-electron chi connectivity index (χ4n) is 3.17. The summed E-state index contributed by atoms with van der Waals surface area (Å²) in [4.78, 5) is 22.5. The molecule has 3 aromatic rings. The van der Waals surface area contributed by atoms with Gasteiger partial charge in [-0.15, -0.1) is 11.3 Å². The smallest absolute Gasteiger partial charge is 0.145 e. The molecular formula is C23H30N4OS. The van der Waals surface area contributed by atoms with Crippen LogP contribution in [0.3, 0.4) is 0 Å². The average Bonchev–Trinajstić information content (AvgIpc) is 3.27. The molecule has 0 aliphatic carbocycles. The molecule has 0 atom stereocenters. The van der Waals surface area contributed by atoms with Crippen LogP contribution in [0, 0.1) is 0 Å². The maximum Gasteiger partial charge on any atom is 0.145 e. The van der Waals surface area contributed by atoms with E-state index in [0.29, 0.717) is 12.8 Å². The van der Waals surface area contributed by atoms with Crippen LogP contribution in [0.2, 0.25) is 0 Å². The summed E-state index contributed by atoms with van der Waals surface area (Å²) in [6.07, 6.45) is 8.22. The highest BCUT2D eigenvalue weighted by molar-refractivity contribution is 7.11. The number of carbonyl (C=O) groups is 1. The molecule has 3 heterocycles. The lowest BCUT2D eigenvalue weighted by Crippen LogP contribution is -2.15. The van der Waals surface area contributed by atoms with Crippen molar-refractivity contribution in [1.29, 1.82) is 0 Å². The Hall–Kier alpha value is -2.34. The molecule has 0 aromatic carbocycles. The summed E-state index contributed by atoms with van der Waals surface area (Å²) in [6.45, 7) is 10.6. The maximum atomic E-state index is 12.7. The number of aromatic nitrogens is 4. The second kappa shape index (κ2) is 8.99. The van der Waals surface area contributed by atoms with Crippen LogP contribution in [-0.4, -0.2) is 25.5 Å². The summed E-state index contributed by atoms with van der Waals surface area (Å²) in [5.41, 5.74) is 3.26. The molecule has 0 unspecified atom stereocenters. The van der Waals surface area contributed by atoms with Crippen molar-refractivity contribution in [3.63, 3.8) is 0 Å². The Morgan fingerprint density at radius 3 is 2.52 bits per heavy atom. The molecule has 0 bridgehead atoms. The third kappa shape index (κ3) is 5.82. The van der Waals surface area contributed by atoms with E-state index in [2.05, 4.69) is 50.7 Å². The van der Waals surface area contributed by atoms with Crippen molar-refractivity contribution in [2.24, 2.45) is 0 Å². The second-order valence-corrected chi connectivity index (χ2v) is 9.98. The van der Waals surface area contributed by atoms with Gasteiger partial charge in [0.2, 0.25) is 0 Å². The fraction of sp³-hybridized carbons (Fsp3) is 0.478. The van der Waals surface area contributed by atoms with Crippen molar-refractivity contribution in [1.82, 2.24) is 19.7 Å². The van der Waals surface area contributed by atoms with E-state index in [9.17, 15) is 4.79 Å². The quantitative estimate of drug-likeness (QED) is 0.537. The van der Waals surface area contributed by atoms with Gasteiger partial charge in [-0.2, -0.15) is 5.10 Å². The monoisotopic (exact) mass is 410 g/mol. The van der Waals surface area contributed by atoms with Crippen LogP contribution >= 0.6 is 11.3 Å². The minimum atomic E-state index is -0.0308.